The van der Waals surface area contributed by atoms with E-state index in [2.05, 4.69) is 26.1 Å². The highest BCUT2D eigenvalue weighted by Crippen LogP contribution is 2.25. The van der Waals surface area contributed by atoms with Crippen LogP contribution in [0.3, 0.4) is 0 Å². The molecule has 1 fully saturated rings. The normalized spacial score (nSPS) is 28.1. The van der Waals surface area contributed by atoms with Crippen molar-refractivity contribution >= 4 is 0 Å². The van der Waals surface area contributed by atoms with Crippen LogP contribution >= 0.6 is 0 Å². The zero-order chi connectivity index (χ0) is 12.7. The lowest BCUT2D eigenvalue weighted by molar-refractivity contribution is 0.141. The van der Waals surface area contributed by atoms with Crippen molar-refractivity contribution in [1.82, 2.24) is 5.32 Å². The van der Waals surface area contributed by atoms with Gasteiger partial charge in [-0.25, -0.2) is 0 Å². The Labute approximate surface area is 107 Å². The summed E-state index contributed by atoms with van der Waals surface area (Å²) in [7, 11) is 0. The van der Waals surface area contributed by atoms with Gasteiger partial charge in [0.25, 0.3) is 0 Å². The molecule has 1 saturated carbocycles. The van der Waals surface area contributed by atoms with Crippen molar-refractivity contribution < 1.29 is 5.11 Å². The van der Waals surface area contributed by atoms with Crippen molar-refractivity contribution in [2.24, 2.45) is 11.8 Å². The van der Waals surface area contributed by atoms with E-state index in [1.165, 1.54) is 38.5 Å². The van der Waals surface area contributed by atoms with E-state index < -0.39 is 0 Å². The van der Waals surface area contributed by atoms with Gasteiger partial charge in [0.15, 0.2) is 0 Å². The summed E-state index contributed by atoms with van der Waals surface area (Å²) >= 11 is 0. The Hall–Kier alpha value is -0.0800. The van der Waals surface area contributed by atoms with Gasteiger partial charge in [0, 0.05) is 12.6 Å². The van der Waals surface area contributed by atoms with Gasteiger partial charge in [-0.15, -0.1) is 0 Å². The van der Waals surface area contributed by atoms with Crippen LogP contribution < -0.4 is 5.32 Å². The lowest BCUT2D eigenvalue weighted by Gasteiger charge is -2.20. The van der Waals surface area contributed by atoms with E-state index >= 15 is 0 Å². The van der Waals surface area contributed by atoms with Crippen LogP contribution in [0.4, 0.5) is 0 Å². The van der Waals surface area contributed by atoms with E-state index in [4.69, 9.17) is 0 Å². The lowest BCUT2D eigenvalue weighted by Crippen LogP contribution is -2.35. The largest absolute Gasteiger partial charge is 0.392 e. The van der Waals surface area contributed by atoms with Crippen LogP contribution in [-0.2, 0) is 0 Å². The first kappa shape index (κ1) is 15.0. The zero-order valence-corrected chi connectivity index (χ0v) is 11.9. The average molecular weight is 241 g/mol. The molecule has 2 nitrogen and oxygen atoms in total. The minimum absolute atomic E-state index is 0.166. The molecule has 0 spiro atoms. The molecule has 0 heterocycles. The van der Waals surface area contributed by atoms with Crippen molar-refractivity contribution in [3.63, 3.8) is 0 Å². The molecule has 17 heavy (non-hydrogen) atoms. The number of hydrogen-bond donors (Lipinski definition) is 2. The van der Waals surface area contributed by atoms with Crippen LogP contribution in [0.1, 0.15) is 65.7 Å². The van der Waals surface area contributed by atoms with Gasteiger partial charge >= 0.3 is 0 Å². The Bertz CT molecular complexity index is 193. The monoisotopic (exact) mass is 241 g/mol. The summed E-state index contributed by atoms with van der Waals surface area (Å²) in [6, 6.07) is 0.647. The maximum Gasteiger partial charge on any atom is 0.0667 e. The predicted molar refractivity (Wildman–Crippen MR) is 74.1 cm³/mol. The summed E-state index contributed by atoms with van der Waals surface area (Å²) in [5.41, 5.74) is 0. The van der Waals surface area contributed by atoms with Gasteiger partial charge in [0.1, 0.15) is 0 Å². The van der Waals surface area contributed by atoms with Crippen LogP contribution in [-0.4, -0.2) is 23.8 Å². The molecule has 0 aromatic rings. The molecule has 2 heteroatoms. The van der Waals surface area contributed by atoms with Crippen LogP contribution in [0.2, 0.25) is 0 Å². The van der Waals surface area contributed by atoms with Crippen molar-refractivity contribution in [3.8, 4) is 0 Å². The highest BCUT2D eigenvalue weighted by atomic mass is 16.3. The van der Waals surface area contributed by atoms with E-state index in [1.54, 1.807) is 0 Å². The fourth-order valence-electron chi connectivity index (χ4n) is 2.92. The molecule has 0 aromatic heterocycles. The first-order chi connectivity index (χ1) is 8.11. The molecule has 0 aliphatic heterocycles. The third kappa shape index (κ3) is 6.42. The van der Waals surface area contributed by atoms with E-state index in [0.29, 0.717) is 12.0 Å². The van der Waals surface area contributed by atoms with E-state index in [9.17, 15) is 5.11 Å². The highest BCUT2D eigenvalue weighted by Gasteiger charge is 2.18. The second-order valence-electron chi connectivity index (χ2n) is 6.17. The Morgan fingerprint density at radius 2 is 1.94 bits per heavy atom. The van der Waals surface area contributed by atoms with Gasteiger partial charge in [-0.2, -0.15) is 0 Å². The van der Waals surface area contributed by atoms with Crippen LogP contribution in [0.25, 0.3) is 0 Å². The average Bonchev–Trinajstić information content (AvgIpc) is 2.50. The van der Waals surface area contributed by atoms with Crippen molar-refractivity contribution in [2.75, 3.05) is 6.54 Å². The molecule has 3 unspecified atom stereocenters. The molecular weight excluding hydrogens is 210 g/mol. The summed E-state index contributed by atoms with van der Waals surface area (Å²) in [6.45, 7) is 7.42. The topological polar surface area (TPSA) is 32.3 Å². The minimum atomic E-state index is -0.166. The molecule has 3 atom stereocenters. The zero-order valence-electron chi connectivity index (χ0n) is 11.9. The summed E-state index contributed by atoms with van der Waals surface area (Å²) < 4.78 is 0. The van der Waals surface area contributed by atoms with Crippen molar-refractivity contribution in [3.05, 3.63) is 0 Å². The number of aliphatic hydroxyl groups excluding tert-OH is 1. The quantitative estimate of drug-likeness (QED) is 0.699. The van der Waals surface area contributed by atoms with Gasteiger partial charge in [0.05, 0.1) is 6.10 Å². The van der Waals surface area contributed by atoms with Gasteiger partial charge in [-0.05, 0) is 37.5 Å². The molecule has 1 aliphatic carbocycles. The second kappa shape index (κ2) is 8.10. The standard InChI is InChI=1S/C15H31NO/c1-4-13-6-5-7-14(9-8-13)16-11-15(17)10-12(2)3/h12-17H,4-11H2,1-3H3. The number of rotatable bonds is 6. The number of aliphatic hydroxyl groups is 1. The summed E-state index contributed by atoms with van der Waals surface area (Å²) in [5.74, 6) is 1.53. The van der Waals surface area contributed by atoms with Gasteiger partial charge in [0.2, 0.25) is 0 Å². The fourth-order valence-corrected chi connectivity index (χ4v) is 2.92. The van der Waals surface area contributed by atoms with Crippen molar-refractivity contribution in [1.29, 1.82) is 0 Å². The van der Waals surface area contributed by atoms with Crippen LogP contribution in [0, 0.1) is 11.8 Å². The first-order valence-electron chi connectivity index (χ1n) is 7.53. The minimum Gasteiger partial charge on any atom is -0.392 e. The third-order valence-electron chi connectivity index (χ3n) is 4.05. The maximum atomic E-state index is 9.86. The molecule has 0 aromatic carbocycles. The van der Waals surface area contributed by atoms with E-state index in [-0.39, 0.29) is 6.10 Å². The molecule has 0 bridgehead atoms. The second-order valence-corrected chi connectivity index (χ2v) is 6.17. The SMILES string of the molecule is CCC1CCCC(NCC(O)CC(C)C)CC1. The number of hydrogen-bond acceptors (Lipinski definition) is 2. The van der Waals surface area contributed by atoms with E-state index in [0.717, 1.165) is 18.9 Å². The van der Waals surface area contributed by atoms with Gasteiger partial charge in [-0.1, -0.05) is 40.0 Å². The third-order valence-corrected chi connectivity index (χ3v) is 4.05. The Morgan fingerprint density at radius 3 is 2.59 bits per heavy atom. The molecule has 102 valence electrons. The smallest absolute Gasteiger partial charge is 0.0667 e. The van der Waals surface area contributed by atoms with E-state index in [1.807, 2.05) is 0 Å². The molecule has 1 aliphatic rings. The lowest BCUT2D eigenvalue weighted by atomic mass is 9.98. The Kier molecular flexibility index (Phi) is 7.14. The Morgan fingerprint density at radius 1 is 1.18 bits per heavy atom. The van der Waals surface area contributed by atoms with Crippen molar-refractivity contribution in [2.45, 2.75) is 77.9 Å². The molecule has 1 rings (SSSR count). The van der Waals surface area contributed by atoms with Crippen LogP contribution in [0.15, 0.2) is 0 Å². The molecule has 0 saturated heterocycles. The summed E-state index contributed by atoms with van der Waals surface area (Å²) in [6.07, 6.45) is 8.81. The molecular formula is C15H31NO. The number of nitrogens with one attached hydrogen (secondary N) is 1. The van der Waals surface area contributed by atoms with Crippen LogP contribution in [0.5, 0.6) is 0 Å². The summed E-state index contributed by atoms with van der Waals surface area (Å²) in [4.78, 5) is 0. The highest BCUT2D eigenvalue weighted by molar-refractivity contribution is 4.75. The molecule has 0 radical (unpaired) electrons. The fraction of sp³-hybridized carbons (Fsp3) is 1.00. The maximum absolute atomic E-state index is 9.86. The summed E-state index contributed by atoms with van der Waals surface area (Å²) in [5, 5.41) is 13.4. The first-order valence-corrected chi connectivity index (χ1v) is 7.53. The molecule has 2 N–H and O–H groups in total. The Balaban J connectivity index is 2.18. The molecule has 0 amide bonds. The predicted octanol–water partition coefficient (Wildman–Crippen LogP) is 3.34. The van der Waals surface area contributed by atoms with Gasteiger partial charge < -0.3 is 10.4 Å². The van der Waals surface area contributed by atoms with Gasteiger partial charge in [-0.3, -0.25) is 0 Å².